The van der Waals surface area contributed by atoms with E-state index in [9.17, 15) is 4.79 Å². The van der Waals surface area contributed by atoms with Gasteiger partial charge in [-0.1, -0.05) is 77.4 Å². The van der Waals surface area contributed by atoms with Gasteiger partial charge in [0, 0.05) is 5.56 Å². The van der Waals surface area contributed by atoms with Crippen LogP contribution in [0, 0.1) is 0 Å². The van der Waals surface area contributed by atoms with E-state index in [-0.39, 0.29) is 11.6 Å². The summed E-state index contributed by atoms with van der Waals surface area (Å²) in [7, 11) is 0. The van der Waals surface area contributed by atoms with Crippen molar-refractivity contribution in [1.29, 1.82) is 0 Å². The maximum atomic E-state index is 11.6. The second-order valence-corrected chi connectivity index (χ2v) is 4.23. The predicted molar refractivity (Wildman–Crippen MR) is 75.1 cm³/mol. The first kappa shape index (κ1) is 13.3. The van der Waals surface area contributed by atoms with Crippen LogP contribution in [0.1, 0.15) is 11.1 Å². The molecule has 96 valence electrons. The van der Waals surface area contributed by atoms with E-state index in [1.54, 1.807) is 12.1 Å². The molecule has 2 aromatic carbocycles. The van der Waals surface area contributed by atoms with E-state index in [1.165, 1.54) is 0 Å². The molecule has 0 spiro atoms. The zero-order valence-electron chi connectivity index (χ0n) is 10.1. The lowest BCUT2D eigenvalue weighted by Crippen LogP contribution is -2.05. The summed E-state index contributed by atoms with van der Waals surface area (Å²) in [5.74, 6) is -0.444. The molecule has 2 rings (SSSR count). The molecule has 0 bridgehead atoms. The first-order valence-electron chi connectivity index (χ1n) is 5.78. The Hall–Kier alpha value is -2.13. The van der Waals surface area contributed by atoms with Crippen molar-refractivity contribution in [3.8, 4) is 0 Å². The van der Waals surface area contributed by atoms with E-state index < -0.39 is 5.97 Å². The van der Waals surface area contributed by atoms with Crippen LogP contribution in [0.25, 0.3) is 0 Å². The normalized spacial score (nSPS) is 11.1. The number of benzene rings is 2. The molecule has 0 aliphatic rings. The number of oxime groups is 1. The van der Waals surface area contributed by atoms with Crippen molar-refractivity contribution >= 4 is 22.7 Å². The molecule has 0 unspecified atom stereocenters. The Labute approximate surface area is 116 Å². The highest BCUT2D eigenvalue weighted by Crippen LogP contribution is 2.06. The molecule has 0 fully saturated rings. The second-order valence-electron chi connectivity index (χ2n) is 3.87. The van der Waals surface area contributed by atoms with E-state index in [1.807, 2.05) is 48.5 Å². The number of rotatable bonds is 4. The van der Waals surface area contributed by atoms with Crippen molar-refractivity contribution in [1.82, 2.24) is 0 Å². The Morgan fingerprint density at radius 3 is 2.21 bits per heavy atom. The molecular formula is C15H12ClNO2. The fourth-order valence-electron chi connectivity index (χ4n) is 1.51. The fourth-order valence-corrected chi connectivity index (χ4v) is 1.67. The molecule has 19 heavy (non-hydrogen) atoms. The minimum absolute atomic E-state index is 0.155. The third kappa shape index (κ3) is 4.23. The van der Waals surface area contributed by atoms with Crippen LogP contribution in [0.5, 0.6) is 0 Å². The summed E-state index contributed by atoms with van der Waals surface area (Å²) in [5.41, 5.74) is 1.58. The Kier molecular flexibility index (Phi) is 4.70. The van der Waals surface area contributed by atoms with Gasteiger partial charge in [-0.2, -0.15) is 0 Å². The number of nitrogens with zero attached hydrogens (tertiary/aromatic N) is 1. The number of hydrogen-bond donors (Lipinski definition) is 0. The minimum atomic E-state index is -0.444. The molecule has 0 heterocycles. The molecule has 0 saturated heterocycles. The van der Waals surface area contributed by atoms with Crippen LogP contribution in [-0.4, -0.2) is 11.1 Å². The number of carbonyl (C=O) groups excluding carboxylic acids is 1. The molecule has 0 N–H and O–H groups in total. The average Bonchev–Trinajstić information content (AvgIpc) is 2.47. The van der Waals surface area contributed by atoms with Crippen LogP contribution in [0.2, 0.25) is 0 Å². The van der Waals surface area contributed by atoms with Gasteiger partial charge in [-0.25, -0.2) is 4.79 Å². The highest BCUT2D eigenvalue weighted by atomic mass is 35.5. The molecule has 0 aliphatic carbocycles. The quantitative estimate of drug-likeness (QED) is 0.487. The monoisotopic (exact) mass is 273 g/mol. The van der Waals surface area contributed by atoms with E-state index in [2.05, 4.69) is 5.16 Å². The molecule has 0 amide bonds. The van der Waals surface area contributed by atoms with E-state index in [4.69, 9.17) is 16.4 Å². The molecule has 0 radical (unpaired) electrons. The summed E-state index contributed by atoms with van der Waals surface area (Å²) in [4.78, 5) is 16.3. The largest absolute Gasteiger partial charge is 0.339 e. The number of hydrogen-bond acceptors (Lipinski definition) is 3. The Morgan fingerprint density at radius 1 is 1.00 bits per heavy atom. The van der Waals surface area contributed by atoms with Gasteiger partial charge in [0.15, 0.2) is 5.17 Å². The maximum Gasteiger partial charge on any atom is 0.339 e. The predicted octanol–water partition coefficient (Wildman–Crippen LogP) is 3.37. The van der Waals surface area contributed by atoms with Crippen LogP contribution in [0.4, 0.5) is 0 Å². The highest BCUT2D eigenvalue weighted by molar-refractivity contribution is 6.69. The standard InChI is InChI=1S/C15H12ClNO2/c16-15(13-9-5-2-6-10-13)17-19-14(18)11-12-7-3-1-4-8-12/h1-10H,11H2/b17-15-. The van der Waals surface area contributed by atoms with Crippen LogP contribution in [-0.2, 0) is 16.1 Å². The summed E-state index contributed by atoms with van der Waals surface area (Å²) >= 11 is 5.93. The van der Waals surface area contributed by atoms with Gasteiger partial charge in [-0.15, -0.1) is 0 Å². The van der Waals surface area contributed by atoms with Crippen LogP contribution >= 0.6 is 11.6 Å². The molecule has 0 saturated carbocycles. The van der Waals surface area contributed by atoms with Crippen molar-refractivity contribution in [2.75, 3.05) is 0 Å². The molecule has 3 nitrogen and oxygen atoms in total. The first-order chi connectivity index (χ1) is 9.25. The van der Waals surface area contributed by atoms with Gasteiger partial charge in [0.1, 0.15) is 0 Å². The molecule has 2 aromatic rings. The maximum absolute atomic E-state index is 11.6. The van der Waals surface area contributed by atoms with Crippen molar-refractivity contribution in [2.45, 2.75) is 6.42 Å². The van der Waals surface area contributed by atoms with E-state index >= 15 is 0 Å². The van der Waals surface area contributed by atoms with E-state index in [0.717, 1.165) is 5.56 Å². The van der Waals surface area contributed by atoms with Gasteiger partial charge in [0.05, 0.1) is 6.42 Å². The second kappa shape index (κ2) is 6.71. The van der Waals surface area contributed by atoms with Gasteiger partial charge in [0.25, 0.3) is 0 Å². The Morgan fingerprint density at radius 2 is 1.58 bits per heavy atom. The summed E-state index contributed by atoms with van der Waals surface area (Å²) in [6.45, 7) is 0. The molecule has 0 aliphatic heterocycles. The summed E-state index contributed by atoms with van der Waals surface area (Å²) < 4.78 is 0. The smallest absolute Gasteiger partial charge is 0.316 e. The lowest BCUT2D eigenvalue weighted by molar-refractivity contribution is -0.142. The highest BCUT2D eigenvalue weighted by Gasteiger charge is 2.06. The van der Waals surface area contributed by atoms with Crippen LogP contribution < -0.4 is 0 Å². The van der Waals surface area contributed by atoms with Crippen LogP contribution in [0.3, 0.4) is 0 Å². The van der Waals surface area contributed by atoms with Gasteiger partial charge in [-0.05, 0) is 5.56 Å². The Balaban J connectivity index is 1.93. The lowest BCUT2D eigenvalue weighted by Gasteiger charge is -2.00. The Bertz CT molecular complexity index is 567. The zero-order chi connectivity index (χ0) is 13.5. The van der Waals surface area contributed by atoms with Crippen molar-refractivity contribution in [3.05, 3.63) is 71.8 Å². The average molecular weight is 274 g/mol. The van der Waals surface area contributed by atoms with Gasteiger partial charge >= 0.3 is 5.97 Å². The summed E-state index contributed by atoms with van der Waals surface area (Å²) in [6, 6.07) is 18.4. The van der Waals surface area contributed by atoms with Crippen LogP contribution in [0.15, 0.2) is 65.8 Å². The van der Waals surface area contributed by atoms with E-state index in [0.29, 0.717) is 5.56 Å². The summed E-state index contributed by atoms with van der Waals surface area (Å²) in [5, 5.41) is 3.78. The van der Waals surface area contributed by atoms with Crippen molar-refractivity contribution in [3.63, 3.8) is 0 Å². The first-order valence-corrected chi connectivity index (χ1v) is 6.16. The molecule has 0 aromatic heterocycles. The summed E-state index contributed by atoms with van der Waals surface area (Å²) in [6.07, 6.45) is 0.170. The SMILES string of the molecule is O=C(Cc1ccccc1)O/N=C(\Cl)c1ccccc1. The lowest BCUT2D eigenvalue weighted by atomic mass is 10.2. The molecule has 4 heteroatoms. The molecule has 0 atom stereocenters. The zero-order valence-corrected chi connectivity index (χ0v) is 10.9. The number of halogens is 1. The van der Waals surface area contributed by atoms with Crippen molar-refractivity contribution < 1.29 is 9.63 Å². The minimum Gasteiger partial charge on any atom is -0.316 e. The van der Waals surface area contributed by atoms with Gasteiger partial charge < -0.3 is 4.84 Å². The fraction of sp³-hybridized carbons (Fsp3) is 0.0667. The van der Waals surface area contributed by atoms with Gasteiger partial charge in [0.2, 0.25) is 0 Å². The number of carbonyl (C=O) groups is 1. The van der Waals surface area contributed by atoms with Gasteiger partial charge in [-0.3, -0.25) is 0 Å². The van der Waals surface area contributed by atoms with Crippen molar-refractivity contribution in [2.24, 2.45) is 5.16 Å². The topological polar surface area (TPSA) is 38.7 Å². The molecular weight excluding hydrogens is 262 g/mol. The third-order valence-corrected chi connectivity index (χ3v) is 2.72. The third-order valence-electron chi connectivity index (χ3n) is 2.43.